The Balaban J connectivity index is 1.86. The molecule has 27 heavy (non-hydrogen) atoms. The highest BCUT2D eigenvalue weighted by Crippen LogP contribution is 2.35. The van der Waals surface area contributed by atoms with E-state index in [4.69, 9.17) is 4.74 Å². The highest BCUT2D eigenvalue weighted by Gasteiger charge is 2.28. The number of rotatable bonds is 4. The van der Waals surface area contributed by atoms with E-state index in [0.717, 1.165) is 11.3 Å². The van der Waals surface area contributed by atoms with Crippen molar-refractivity contribution in [3.63, 3.8) is 0 Å². The second-order valence-corrected chi connectivity index (χ2v) is 6.11. The van der Waals surface area contributed by atoms with Gasteiger partial charge in [0, 0.05) is 16.8 Å². The van der Waals surface area contributed by atoms with Crippen molar-refractivity contribution < 1.29 is 9.53 Å². The lowest BCUT2D eigenvalue weighted by Gasteiger charge is -2.29. The molecule has 2 heterocycles. The zero-order chi connectivity index (χ0) is 18.8. The number of ether oxygens (including phenoxy) is 1. The second-order valence-electron chi connectivity index (χ2n) is 6.11. The first-order valence-corrected chi connectivity index (χ1v) is 8.75. The Bertz CT molecular complexity index is 1050. The molecule has 2 aromatic carbocycles. The van der Waals surface area contributed by atoms with Crippen LogP contribution in [0.1, 0.15) is 19.5 Å². The van der Waals surface area contributed by atoms with Crippen LogP contribution in [0.3, 0.4) is 0 Å². The van der Waals surface area contributed by atoms with E-state index in [0.29, 0.717) is 18.0 Å². The number of nitrogens with zero attached hydrogens (tertiary/aromatic N) is 3. The number of carbonyl (C=O) groups is 1. The smallest absolute Gasteiger partial charge is 0.309 e. The monoisotopic (exact) mass is 362 g/mol. The van der Waals surface area contributed by atoms with Gasteiger partial charge in [-0.25, -0.2) is 4.68 Å². The molecule has 7 heteroatoms. The van der Waals surface area contributed by atoms with E-state index in [1.165, 1.54) is 0 Å². The minimum atomic E-state index is -0.496. The number of aromatic nitrogens is 3. The lowest BCUT2D eigenvalue weighted by Crippen LogP contribution is -2.33. The molecule has 7 nitrogen and oxygen atoms in total. The summed E-state index contributed by atoms with van der Waals surface area (Å²) in [6, 6.07) is 16.7. The molecule has 1 atom stereocenters. The minimum Gasteiger partial charge on any atom is -0.466 e. The summed E-state index contributed by atoms with van der Waals surface area (Å²) < 4.78 is 6.68. The molecular weight excluding hydrogens is 344 g/mol. The van der Waals surface area contributed by atoms with Gasteiger partial charge in [0.1, 0.15) is 6.17 Å². The SMILES string of the molecule is CCOC(=O)C[C@@H]1Nc2ccccc2-c2nc(=O)c(-c3ccccc3)nn21. The maximum absolute atomic E-state index is 12.6. The van der Waals surface area contributed by atoms with Crippen LogP contribution in [-0.4, -0.2) is 27.3 Å². The molecule has 1 N–H and O–H groups in total. The third kappa shape index (κ3) is 3.19. The Morgan fingerprint density at radius 2 is 1.89 bits per heavy atom. The van der Waals surface area contributed by atoms with Gasteiger partial charge in [-0.3, -0.25) is 9.59 Å². The van der Waals surface area contributed by atoms with E-state index < -0.39 is 11.7 Å². The first kappa shape index (κ1) is 17.0. The summed E-state index contributed by atoms with van der Waals surface area (Å²) in [5, 5.41) is 7.85. The molecule has 0 amide bonds. The number of hydrogen-bond acceptors (Lipinski definition) is 6. The summed E-state index contributed by atoms with van der Waals surface area (Å²) in [4.78, 5) is 29.0. The summed E-state index contributed by atoms with van der Waals surface area (Å²) in [6.45, 7) is 2.07. The molecule has 0 saturated carbocycles. The van der Waals surface area contributed by atoms with E-state index >= 15 is 0 Å². The number of esters is 1. The van der Waals surface area contributed by atoms with Gasteiger partial charge in [-0.15, -0.1) is 0 Å². The highest BCUT2D eigenvalue weighted by atomic mass is 16.5. The van der Waals surface area contributed by atoms with Gasteiger partial charge < -0.3 is 10.1 Å². The van der Waals surface area contributed by atoms with Crippen LogP contribution in [0.4, 0.5) is 5.69 Å². The van der Waals surface area contributed by atoms with Crippen LogP contribution >= 0.6 is 0 Å². The Hall–Kier alpha value is -3.48. The molecule has 136 valence electrons. The minimum absolute atomic E-state index is 0.0704. The van der Waals surface area contributed by atoms with Gasteiger partial charge in [0.15, 0.2) is 11.5 Å². The maximum atomic E-state index is 12.6. The number of carbonyl (C=O) groups excluding carboxylic acids is 1. The third-order valence-corrected chi connectivity index (χ3v) is 4.33. The maximum Gasteiger partial charge on any atom is 0.309 e. The second kappa shape index (κ2) is 7.03. The Kier molecular flexibility index (Phi) is 4.42. The predicted octanol–water partition coefficient (Wildman–Crippen LogP) is 2.85. The van der Waals surface area contributed by atoms with Crippen LogP contribution in [0.5, 0.6) is 0 Å². The Morgan fingerprint density at radius 3 is 2.67 bits per heavy atom. The molecule has 1 aliphatic heterocycles. The number of fused-ring (bicyclic) bond motifs is 3. The average Bonchev–Trinajstić information content (AvgIpc) is 2.68. The van der Waals surface area contributed by atoms with Crippen molar-refractivity contribution in [1.82, 2.24) is 14.8 Å². The molecule has 0 saturated heterocycles. The molecular formula is C20H18N4O3. The van der Waals surface area contributed by atoms with Crippen molar-refractivity contribution in [3.05, 3.63) is 65.0 Å². The van der Waals surface area contributed by atoms with Gasteiger partial charge in [-0.2, -0.15) is 10.1 Å². The van der Waals surface area contributed by atoms with Crippen LogP contribution < -0.4 is 10.9 Å². The lowest BCUT2D eigenvalue weighted by atomic mass is 10.1. The van der Waals surface area contributed by atoms with E-state index in [2.05, 4.69) is 15.4 Å². The number of hydrogen-bond donors (Lipinski definition) is 1. The summed E-state index contributed by atoms with van der Waals surface area (Å²) in [5.41, 5.74) is 2.09. The van der Waals surface area contributed by atoms with E-state index in [9.17, 15) is 9.59 Å². The van der Waals surface area contributed by atoms with Crippen LogP contribution in [0.15, 0.2) is 59.4 Å². The number of para-hydroxylation sites is 1. The molecule has 3 aromatic rings. The molecule has 1 aromatic heterocycles. The zero-order valence-corrected chi connectivity index (χ0v) is 14.8. The van der Waals surface area contributed by atoms with Crippen LogP contribution in [0.2, 0.25) is 0 Å². The van der Waals surface area contributed by atoms with Gasteiger partial charge in [0.05, 0.1) is 13.0 Å². The van der Waals surface area contributed by atoms with E-state index in [1.807, 2.05) is 54.6 Å². The number of anilines is 1. The van der Waals surface area contributed by atoms with Crippen LogP contribution in [0, 0.1) is 0 Å². The van der Waals surface area contributed by atoms with Gasteiger partial charge in [-0.1, -0.05) is 42.5 Å². The molecule has 0 bridgehead atoms. The lowest BCUT2D eigenvalue weighted by molar-refractivity contribution is -0.143. The highest BCUT2D eigenvalue weighted by molar-refractivity contribution is 5.78. The van der Waals surface area contributed by atoms with Crippen molar-refractivity contribution >= 4 is 11.7 Å². The van der Waals surface area contributed by atoms with Crippen molar-refractivity contribution in [1.29, 1.82) is 0 Å². The van der Waals surface area contributed by atoms with Gasteiger partial charge in [0.2, 0.25) is 0 Å². The molecule has 0 radical (unpaired) electrons. The number of nitrogens with one attached hydrogen (secondary N) is 1. The van der Waals surface area contributed by atoms with Crippen molar-refractivity contribution in [3.8, 4) is 22.6 Å². The molecule has 0 spiro atoms. The topological polar surface area (TPSA) is 86.1 Å². The van der Waals surface area contributed by atoms with Crippen LogP contribution in [-0.2, 0) is 9.53 Å². The molecule has 0 unspecified atom stereocenters. The van der Waals surface area contributed by atoms with Crippen molar-refractivity contribution in [2.75, 3.05) is 11.9 Å². The molecule has 4 rings (SSSR count). The summed E-state index contributed by atoms with van der Waals surface area (Å²) >= 11 is 0. The fourth-order valence-electron chi connectivity index (χ4n) is 3.14. The largest absolute Gasteiger partial charge is 0.466 e. The zero-order valence-electron chi connectivity index (χ0n) is 14.8. The summed E-state index contributed by atoms with van der Waals surface area (Å²) in [7, 11) is 0. The van der Waals surface area contributed by atoms with Crippen molar-refractivity contribution in [2.24, 2.45) is 0 Å². The normalized spacial score (nSPS) is 14.6. The van der Waals surface area contributed by atoms with Gasteiger partial charge >= 0.3 is 5.97 Å². The Labute approximate surface area is 155 Å². The van der Waals surface area contributed by atoms with Gasteiger partial charge in [0.25, 0.3) is 5.56 Å². The first-order chi connectivity index (χ1) is 13.2. The summed E-state index contributed by atoms with van der Waals surface area (Å²) in [6.07, 6.45) is -0.425. The molecule has 1 aliphatic rings. The standard InChI is InChI=1S/C20H18N4O3/c1-2-27-17(25)12-16-21-15-11-7-6-10-14(15)19-22-20(26)18(23-24(16)19)13-8-4-3-5-9-13/h3-11,16,21H,2,12H2,1H3/t16-/m1/s1. The fraction of sp³-hybridized carbons (Fsp3) is 0.200. The molecule has 0 aliphatic carbocycles. The fourth-order valence-corrected chi connectivity index (χ4v) is 3.14. The molecule has 0 fully saturated rings. The van der Waals surface area contributed by atoms with Gasteiger partial charge in [-0.05, 0) is 19.1 Å². The average molecular weight is 362 g/mol. The predicted molar refractivity (Wildman–Crippen MR) is 101 cm³/mol. The summed E-state index contributed by atoms with van der Waals surface area (Å²) in [5.74, 6) is 0.0884. The number of benzene rings is 2. The van der Waals surface area contributed by atoms with E-state index in [1.54, 1.807) is 11.6 Å². The van der Waals surface area contributed by atoms with Crippen molar-refractivity contribution in [2.45, 2.75) is 19.5 Å². The van der Waals surface area contributed by atoms with E-state index in [-0.39, 0.29) is 18.1 Å². The quantitative estimate of drug-likeness (QED) is 0.718. The Morgan fingerprint density at radius 1 is 1.15 bits per heavy atom. The van der Waals surface area contributed by atoms with Crippen LogP contribution in [0.25, 0.3) is 22.6 Å². The third-order valence-electron chi connectivity index (χ3n) is 4.33. The first-order valence-electron chi connectivity index (χ1n) is 8.75.